The predicted octanol–water partition coefficient (Wildman–Crippen LogP) is 2.13. The molecule has 0 amide bonds. The zero-order chi connectivity index (χ0) is 13.5. The fourth-order valence-corrected chi connectivity index (χ4v) is 1.70. The molecule has 0 aliphatic rings. The Hall–Kier alpha value is -1.26. The molecule has 2 atom stereocenters. The maximum Gasteiger partial charge on any atom is 0.161 e. The summed E-state index contributed by atoms with van der Waals surface area (Å²) < 4.78 is 10.5. The third-order valence-electron chi connectivity index (χ3n) is 3.04. The van der Waals surface area contributed by atoms with Crippen LogP contribution in [0.1, 0.15) is 31.9 Å². The molecule has 0 aliphatic heterocycles. The Morgan fingerprint density at radius 2 is 1.89 bits per heavy atom. The van der Waals surface area contributed by atoms with Gasteiger partial charge in [-0.1, -0.05) is 13.0 Å². The minimum atomic E-state index is -0.299. The molecule has 18 heavy (non-hydrogen) atoms. The second kappa shape index (κ2) is 7.24. The van der Waals surface area contributed by atoms with Gasteiger partial charge in [0, 0.05) is 12.6 Å². The van der Waals surface area contributed by atoms with Crippen molar-refractivity contribution in [2.75, 3.05) is 20.8 Å². The summed E-state index contributed by atoms with van der Waals surface area (Å²) in [5.41, 5.74) is 1.11. The van der Waals surface area contributed by atoms with Crippen LogP contribution in [0, 0.1) is 0 Å². The Morgan fingerprint density at radius 1 is 1.22 bits per heavy atom. The summed E-state index contributed by atoms with van der Waals surface area (Å²) in [6, 6.07) is 6.00. The molecule has 4 nitrogen and oxygen atoms in total. The second-order valence-electron chi connectivity index (χ2n) is 4.31. The maximum absolute atomic E-state index is 9.53. The summed E-state index contributed by atoms with van der Waals surface area (Å²) in [6.07, 6.45) is 0.457. The molecule has 0 aromatic heterocycles. The number of hydrogen-bond acceptors (Lipinski definition) is 4. The number of rotatable bonds is 7. The average Bonchev–Trinajstić information content (AvgIpc) is 2.43. The highest BCUT2D eigenvalue weighted by Crippen LogP contribution is 2.29. The first-order valence-corrected chi connectivity index (χ1v) is 6.25. The van der Waals surface area contributed by atoms with E-state index >= 15 is 0 Å². The van der Waals surface area contributed by atoms with Gasteiger partial charge in [0.05, 0.1) is 20.3 Å². The number of ether oxygens (including phenoxy) is 2. The van der Waals surface area contributed by atoms with Crippen molar-refractivity contribution in [2.24, 2.45) is 0 Å². The lowest BCUT2D eigenvalue weighted by Crippen LogP contribution is -2.28. The lowest BCUT2D eigenvalue weighted by atomic mass is 10.1. The highest BCUT2D eigenvalue weighted by molar-refractivity contribution is 5.43. The first-order chi connectivity index (χ1) is 8.62. The van der Waals surface area contributed by atoms with E-state index in [-0.39, 0.29) is 12.1 Å². The highest BCUT2D eigenvalue weighted by atomic mass is 16.5. The van der Waals surface area contributed by atoms with Gasteiger partial charge in [-0.2, -0.15) is 0 Å². The van der Waals surface area contributed by atoms with E-state index in [2.05, 4.69) is 12.2 Å². The van der Waals surface area contributed by atoms with Gasteiger partial charge in [0.1, 0.15) is 0 Å². The lowest BCUT2D eigenvalue weighted by Gasteiger charge is -2.18. The van der Waals surface area contributed by atoms with Crippen LogP contribution in [-0.2, 0) is 0 Å². The van der Waals surface area contributed by atoms with Crippen LogP contribution in [0.3, 0.4) is 0 Å². The monoisotopic (exact) mass is 253 g/mol. The smallest absolute Gasteiger partial charge is 0.161 e. The molecule has 0 fully saturated rings. The Balaban J connectivity index is 2.70. The minimum Gasteiger partial charge on any atom is -0.493 e. The van der Waals surface area contributed by atoms with Crippen LogP contribution in [0.15, 0.2) is 18.2 Å². The van der Waals surface area contributed by atoms with Gasteiger partial charge in [-0.15, -0.1) is 0 Å². The SMILES string of the molecule is CCC(O)CNC(C)c1ccc(OC)c(OC)c1. The van der Waals surface area contributed by atoms with E-state index in [9.17, 15) is 5.11 Å². The summed E-state index contributed by atoms with van der Waals surface area (Å²) in [4.78, 5) is 0. The van der Waals surface area contributed by atoms with E-state index in [0.717, 1.165) is 23.5 Å². The summed E-state index contributed by atoms with van der Waals surface area (Å²) in [5, 5.41) is 12.8. The number of aliphatic hydroxyl groups is 1. The summed E-state index contributed by atoms with van der Waals surface area (Å²) in [5.74, 6) is 1.45. The molecule has 2 unspecified atom stereocenters. The number of aliphatic hydroxyl groups excluding tert-OH is 1. The van der Waals surface area contributed by atoms with Crippen molar-refractivity contribution in [1.29, 1.82) is 0 Å². The van der Waals surface area contributed by atoms with E-state index in [1.165, 1.54) is 0 Å². The van der Waals surface area contributed by atoms with Crippen LogP contribution in [0.2, 0.25) is 0 Å². The van der Waals surface area contributed by atoms with Gasteiger partial charge in [0.15, 0.2) is 11.5 Å². The quantitative estimate of drug-likeness (QED) is 0.781. The molecule has 4 heteroatoms. The molecule has 0 saturated carbocycles. The minimum absolute atomic E-state index is 0.158. The van der Waals surface area contributed by atoms with Crippen LogP contribution in [0.5, 0.6) is 11.5 Å². The van der Waals surface area contributed by atoms with Crippen LogP contribution < -0.4 is 14.8 Å². The average molecular weight is 253 g/mol. The van der Waals surface area contributed by atoms with Crippen molar-refractivity contribution in [1.82, 2.24) is 5.32 Å². The van der Waals surface area contributed by atoms with Crippen molar-refractivity contribution in [2.45, 2.75) is 32.4 Å². The molecular weight excluding hydrogens is 230 g/mol. The van der Waals surface area contributed by atoms with E-state index in [1.807, 2.05) is 25.1 Å². The molecule has 0 saturated heterocycles. The van der Waals surface area contributed by atoms with Gasteiger partial charge in [0.2, 0.25) is 0 Å². The molecule has 0 heterocycles. The van der Waals surface area contributed by atoms with Crippen molar-refractivity contribution in [3.63, 3.8) is 0 Å². The number of benzene rings is 1. The normalized spacial score (nSPS) is 14.1. The van der Waals surface area contributed by atoms with Gasteiger partial charge in [-0.05, 0) is 31.0 Å². The van der Waals surface area contributed by atoms with Crippen LogP contribution in [-0.4, -0.2) is 32.0 Å². The highest BCUT2D eigenvalue weighted by Gasteiger charge is 2.11. The topological polar surface area (TPSA) is 50.7 Å². The Bertz CT molecular complexity index is 368. The zero-order valence-corrected chi connectivity index (χ0v) is 11.6. The molecular formula is C14H23NO3. The van der Waals surface area contributed by atoms with E-state index in [1.54, 1.807) is 14.2 Å². The third-order valence-corrected chi connectivity index (χ3v) is 3.04. The lowest BCUT2D eigenvalue weighted by molar-refractivity contribution is 0.163. The van der Waals surface area contributed by atoms with Crippen LogP contribution in [0.25, 0.3) is 0 Å². The van der Waals surface area contributed by atoms with Gasteiger partial charge in [-0.25, -0.2) is 0 Å². The van der Waals surface area contributed by atoms with E-state index < -0.39 is 0 Å². The second-order valence-corrected chi connectivity index (χ2v) is 4.31. The maximum atomic E-state index is 9.53. The first-order valence-electron chi connectivity index (χ1n) is 6.25. The Kier molecular flexibility index (Phi) is 5.95. The predicted molar refractivity (Wildman–Crippen MR) is 72.3 cm³/mol. The molecule has 0 spiro atoms. The summed E-state index contributed by atoms with van der Waals surface area (Å²) in [6.45, 7) is 4.61. The van der Waals surface area contributed by atoms with Gasteiger partial charge in [0.25, 0.3) is 0 Å². The van der Waals surface area contributed by atoms with E-state index in [4.69, 9.17) is 9.47 Å². The van der Waals surface area contributed by atoms with E-state index in [0.29, 0.717) is 6.54 Å². The summed E-state index contributed by atoms with van der Waals surface area (Å²) >= 11 is 0. The molecule has 102 valence electrons. The van der Waals surface area contributed by atoms with Gasteiger partial charge >= 0.3 is 0 Å². The molecule has 0 bridgehead atoms. The Labute approximate surface area is 109 Å². The van der Waals surface area contributed by atoms with Crippen molar-refractivity contribution < 1.29 is 14.6 Å². The van der Waals surface area contributed by atoms with Gasteiger partial charge < -0.3 is 19.9 Å². The van der Waals surface area contributed by atoms with Crippen LogP contribution >= 0.6 is 0 Å². The largest absolute Gasteiger partial charge is 0.493 e. The molecule has 1 aromatic carbocycles. The number of nitrogens with one attached hydrogen (secondary N) is 1. The summed E-state index contributed by atoms with van der Waals surface area (Å²) in [7, 11) is 3.25. The van der Waals surface area contributed by atoms with Crippen molar-refractivity contribution in [3.05, 3.63) is 23.8 Å². The first kappa shape index (κ1) is 14.8. The number of methoxy groups -OCH3 is 2. The van der Waals surface area contributed by atoms with Gasteiger partial charge in [-0.3, -0.25) is 0 Å². The van der Waals surface area contributed by atoms with Crippen molar-refractivity contribution in [3.8, 4) is 11.5 Å². The molecule has 1 rings (SSSR count). The molecule has 0 radical (unpaired) electrons. The standard InChI is InChI=1S/C14H23NO3/c1-5-12(16)9-15-10(2)11-6-7-13(17-3)14(8-11)18-4/h6-8,10,12,15-16H,5,9H2,1-4H3. The Morgan fingerprint density at radius 3 is 2.44 bits per heavy atom. The molecule has 0 aliphatic carbocycles. The fraction of sp³-hybridized carbons (Fsp3) is 0.571. The molecule has 1 aromatic rings. The fourth-order valence-electron chi connectivity index (χ4n) is 1.70. The van der Waals surface area contributed by atoms with Crippen molar-refractivity contribution >= 4 is 0 Å². The number of hydrogen-bond donors (Lipinski definition) is 2. The zero-order valence-electron chi connectivity index (χ0n) is 11.6. The third kappa shape index (κ3) is 3.89. The van der Waals surface area contributed by atoms with Crippen LogP contribution in [0.4, 0.5) is 0 Å². The molecule has 2 N–H and O–H groups in total.